The molecule has 2 amide bonds. The molecule has 8 heteroatoms. The number of hydrogen-bond donors (Lipinski definition) is 2. The fourth-order valence-corrected chi connectivity index (χ4v) is 2.85. The maximum Gasteiger partial charge on any atom is 0.322 e. The maximum atomic E-state index is 12.7. The van der Waals surface area contributed by atoms with Crippen LogP contribution in [0.15, 0.2) is 83.3 Å². The number of para-hydroxylation sites is 1. The molecular formula is C22H15ClN4O3. The predicted octanol–water partition coefficient (Wildman–Crippen LogP) is 4.89. The number of halogens is 1. The van der Waals surface area contributed by atoms with Gasteiger partial charge in [0.1, 0.15) is 0 Å². The Hall–Kier alpha value is -3.97. The average Bonchev–Trinajstić information content (AvgIpc) is 3.23. The van der Waals surface area contributed by atoms with Gasteiger partial charge in [-0.25, -0.2) is 0 Å². The molecule has 0 unspecified atom stereocenters. The van der Waals surface area contributed by atoms with E-state index in [1.54, 1.807) is 48.5 Å². The van der Waals surface area contributed by atoms with Crippen LogP contribution in [0.25, 0.3) is 11.5 Å². The van der Waals surface area contributed by atoms with Crippen LogP contribution in [0, 0.1) is 0 Å². The Balaban J connectivity index is 1.50. The molecule has 1 heterocycles. The van der Waals surface area contributed by atoms with Crippen molar-refractivity contribution in [2.75, 3.05) is 10.6 Å². The van der Waals surface area contributed by atoms with Crippen molar-refractivity contribution in [3.8, 4) is 11.5 Å². The lowest BCUT2D eigenvalue weighted by molar-refractivity contribution is 0.102. The molecular weight excluding hydrogens is 404 g/mol. The zero-order valence-corrected chi connectivity index (χ0v) is 16.3. The smallest absolute Gasteiger partial charge is 0.322 e. The quantitative estimate of drug-likeness (QED) is 0.480. The molecule has 0 radical (unpaired) electrons. The van der Waals surface area contributed by atoms with Crippen molar-refractivity contribution in [3.05, 3.63) is 95.0 Å². The van der Waals surface area contributed by atoms with Crippen LogP contribution in [0.2, 0.25) is 5.02 Å². The zero-order valence-electron chi connectivity index (χ0n) is 15.5. The van der Waals surface area contributed by atoms with Crippen molar-refractivity contribution in [3.63, 3.8) is 0 Å². The first-order valence-electron chi connectivity index (χ1n) is 8.96. The lowest BCUT2D eigenvalue weighted by Gasteiger charge is -2.10. The van der Waals surface area contributed by atoms with Gasteiger partial charge in [-0.1, -0.05) is 47.0 Å². The SMILES string of the molecule is O=C(Nc1ccccc1C(=O)Nc1nnc(-c2ccccc2)o1)c1ccc(Cl)cc1. The second-order valence-electron chi connectivity index (χ2n) is 6.24. The Morgan fingerprint density at radius 2 is 1.47 bits per heavy atom. The van der Waals surface area contributed by atoms with E-state index in [-0.39, 0.29) is 23.4 Å². The van der Waals surface area contributed by atoms with Crippen LogP contribution in [0.4, 0.5) is 11.7 Å². The first kappa shape index (κ1) is 19.4. The van der Waals surface area contributed by atoms with E-state index in [2.05, 4.69) is 20.8 Å². The summed E-state index contributed by atoms with van der Waals surface area (Å²) < 4.78 is 5.51. The molecule has 0 aliphatic heterocycles. The number of rotatable bonds is 5. The van der Waals surface area contributed by atoms with Gasteiger partial charge in [0, 0.05) is 16.1 Å². The number of benzene rings is 3. The monoisotopic (exact) mass is 418 g/mol. The summed E-state index contributed by atoms with van der Waals surface area (Å²) in [6.45, 7) is 0. The summed E-state index contributed by atoms with van der Waals surface area (Å²) in [6, 6.07) is 22.2. The Morgan fingerprint density at radius 1 is 0.767 bits per heavy atom. The predicted molar refractivity (Wildman–Crippen MR) is 114 cm³/mol. The van der Waals surface area contributed by atoms with E-state index >= 15 is 0 Å². The van der Waals surface area contributed by atoms with Crippen LogP contribution in [-0.2, 0) is 0 Å². The number of carbonyl (C=O) groups excluding carboxylic acids is 2. The molecule has 30 heavy (non-hydrogen) atoms. The van der Waals surface area contributed by atoms with Crippen molar-refractivity contribution in [2.24, 2.45) is 0 Å². The molecule has 1 aromatic heterocycles. The van der Waals surface area contributed by atoms with Crippen LogP contribution in [0.5, 0.6) is 0 Å². The molecule has 3 aromatic carbocycles. The third-order valence-electron chi connectivity index (χ3n) is 4.19. The van der Waals surface area contributed by atoms with Gasteiger partial charge in [0.15, 0.2) is 0 Å². The molecule has 0 spiro atoms. The van der Waals surface area contributed by atoms with Crippen LogP contribution in [-0.4, -0.2) is 22.0 Å². The van der Waals surface area contributed by atoms with E-state index in [0.29, 0.717) is 16.3 Å². The van der Waals surface area contributed by atoms with Crippen LogP contribution in [0.3, 0.4) is 0 Å². The first-order valence-corrected chi connectivity index (χ1v) is 9.34. The van der Waals surface area contributed by atoms with E-state index in [4.69, 9.17) is 16.0 Å². The number of nitrogens with one attached hydrogen (secondary N) is 2. The molecule has 2 N–H and O–H groups in total. The highest BCUT2D eigenvalue weighted by Crippen LogP contribution is 2.22. The number of hydrogen-bond acceptors (Lipinski definition) is 5. The second-order valence-corrected chi connectivity index (χ2v) is 6.68. The fraction of sp³-hybridized carbons (Fsp3) is 0. The van der Waals surface area contributed by atoms with Gasteiger partial charge in [0.25, 0.3) is 11.8 Å². The minimum atomic E-state index is -0.495. The van der Waals surface area contributed by atoms with Gasteiger partial charge in [-0.2, -0.15) is 0 Å². The Kier molecular flexibility index (Phi) is 5.54. The van der Waals surface area contributed by atoms with Gasteiger partial charge in [-0.15, -0.1) is 5.10 Å². The lowest BCUT2D eigenvalue weighted by Crippen LogP contribution is -2.18. The summed E-state index contributed by atoms with van der Waals surface area (Å²) in [5.74, 6) is -0.573. The third-order valence-corrected chi connectivity index (χ3v) is 4.44. The van der Waals surface area contributed by atoms with Gasteiger partial charge in [0.05, 0.1) is 11.3 Å². The first-order chi connectivity index (χ1) is 14.6. The maximum absolute atomic E-state index is 12.7. The van der Waals surface area contributed by atoms with Gasteiger partial charge >= 0.3 is 6.01 Å². The topological polar surface area (TPSA) is 97.1 Å². The molecule has 148 valence electrons. The van der Waals surface area contributed by atoms with Crippen LogP contribution in [0.1, 0.15) is 20.7 Å². The Bertz CT molecular complexity index is 1190. The number of nitrogens with zero attached hydrogens (tertiary/aromatic N) is 2. The second kappa shape index (κ2) is 8.59. The molecule has 4 rings (SSSR count). The molecule has 0 aliphatic rings. The molecule has 0 saturated heterocycles. The number of amides is 2. The molecule has 0 bridgehead atoms. The number of anilines is 2. The van der Waals surface area contributed by atoms with E-state index in [0.717, 1.165) is 5.56 Å². The van der Waals surface area contributed by atoms with Gasteiger partial charge in [-0.05, 0) is 48.5 Å². The summed E-state index contributed by atoms with van der Waals surface area (Å²) in [4.78, 5) is 25.2. The zero-order chi connectivity index (χ0) is 20.9. The standard InChI is InChI=1S/C22H15ClN4O3/c23-16-12-10-14(11-13-16)19(28)24-18-9-5-4-8-17(18)20(29)25-22-27-26-21(30-22)15-6-2-1-3-7-15/h1-13H,(H,24,28)(H,25,27,29). The van der Waals surface area contributed by atoms with E-state index in [9.17, 15) is 9.59 Å². The van der Waals surface area contributed by atoms with Crippen molar-refractivity contribution in [1.82, 2.24) is 10.2 Å². The molecule has 4 aromatic rings. The highest BCUT2D eigenvalue weighted by Gasteiger charge is 2.17. The normalized spacial score (nSPS) is 10.4. The summed E-state index contributed by atoms with van der Waals surface area (Å²) >= 11 is 5.86. The molecule has 0 atom stereocenters. The average molecular weight is 419 g/mol. The lowest BCUT2D eigenvalue weighted by atomic mass is 10.1. The van der Waals surface area contributed by atoms with Crippen LogP contribution >= 0.6 is 11.6 Å². The Morgan fingerprint density at radius 3 is 2.23 bits per heavy atom. The summed E-state index contributed by atoms with van der Waals surface area (Å²) in [5.41, 5.74) is 1.75. The van der Waals surface area contributed by atoms with E-state index < -0.39 is 5.91 Å². The summed E-state index contributed by atoms with van der Waals surface area (Å²) in [6.07, 6.45) is 0. The largest absolute Gasteiger partial charge is 0.403 e. The number of aromatic nitrogens is 2. The van der Waals surface area contributed by atoms with Crippen molar-refractivity contribution < 1.29 is 14.0 Å². The highest BCUT2D eigenvalue weighted by atomic mass is 35.5. The van der Waals surface area contributed by atoms with Crippen LogP contribution < -0.4 is 10.6 Å². The van der Waals surface area contributed by atoms with Crippen molar-refractivity contribution in [1.29, 1.82) is 0 Å². The van der Waals surface area contributed by atoms with Crippen molar-refractivity contribution >= 4 is 35.1 Å². The molecule has 0 aliphatic carbocycles. The van der Waals surface area contributed by atoms with Crippen molar-refractivity contribution in [2.45, 2.75) is 0 Å². The summed E-state index contributed by atoms with van der Waals surface area (Å²) in [5, 5.41) is 13.6. The highest BCUT2D eigenvalue weighted by molar-refractivity contribution is 6.30. The molecule has 7 nitrogen and oxygen atoms in total. The molecule has 0 saturated carbocycles. The molecule has 0 fully saturated rings. The minimum absolute atomic E-state index is 0.0438. The minimum Gasteiger partial charge on any atom is -0.403 e. The van der Waals surface area contributed by atoms with E-state index in [1.165, 1.54) is 0 Å². The number of carbonyl (C=O) groups is 2. The van der Waals surface area contributed by atoms with Gasteiger partial charge < -0.3 is 9.73 Å². The third kappa shape index (κ3) is 4.37. The fourth-order valence-electron chi connectivity index (χ4n) is 2.72. The van der Waals surface area contributed by atoms with Gasteiger partial charge in [0.2, 0.25) is 5.89 Å². The summed E-state index contributed by atoms with van der Waals surface area (Å²) in [7, 11) is 0. The Labute approximate surface area is 176 Å². The van der Waals surface area contributed by atoms with Gasteiger partial charge in [-0.3, -0.25) is 14.9 Å². The van der Waals surface area contributed by atoms with E-state index in [1.807, 2.05) is 30.3 Å².